The highest BCUT2D eigenvalue weighted by molar-refractivity contribution is 6.20. The van der Waals surface area contributed by atoms with Gasteiger partial charge in [-0.25, -0.2) is 0 Å². The van der Waals surface area contributed by atoms with E-state index in [0.717, 1.165) is 12.8 Å². The van der Waals surface area contributed by atoms with Crippen LogP contribution in [0.25, 0.3) is 0 Å². The van der Waals surface area contributed by atoms with Gasteiger partial charge in [0.15, 0.2) is 5.56 Å². The van der Waals surface area contributed by atoms with E-state index in [0.29, 0.717) is 38.7 Å². The summed E-state index contributed by atoms with van der Waals surface area (Å²) < 4.78 is 9.80. The Labute approximate surface area is 114 Å². The van der Waals surface area contributed by atoms with Gasteiger partial charge in [-0.05, 0) is 32.6 Å². The van der Waals surface area contributed by atoms with Gasteiger partial charge in [0.05, 0.1) is 6.61 Å². The molecule has 18 heavy (non-hydrogen) atoms. The summed E-state index contributed by atoms with van der Waals surface area (Å²) >= 11 is 5.84. The Kier molecular flexibility index (Phi) is 10.8. The third-order valence-electron chi connectivity index (χ3n) is 2.36. The molecule has 4 nitrogen and oxygen atoms in total. The van der Waals surface area contributed by atoms with Crippen LogP contribution in [0, 0.1) is 0 Å². The third-order valence-corrected chi connectivity index (χ3v) is 2.67. The van der Waals surface area contributed by atoms with E-state index < -0.39 is 5.56 Å². The molecule has 0 rings (SSSR count). The fourth-order valence-corrected chi connectivity index (χ4v) is 1.65. The highest BCUT2D eigenvalue weighted by Gasteiger charge is 2.11. The summed E-state index contributed by atoms with van der Waals surface area (Å²) in [4.78, 5) is 22.4. The summed E-state index contributed by atoms with van der Waals surface area (Å²) in [6.07, 6.45) is 4.57. The molecule has 0 aliphatic heterocycles. The van der Waals surface area contributed by atoms with Gasteiger partial charge >= 0.3 is 11.9 Å². The van der Waals surface area contributed by atoms with Crippen molar-refractivity contribution >= 4 is 23.5 Å². The number of alkyl halides is 1. The van der Waals surface area contributed by atoms with Gasteiger partial charge in [0.2, 0.25) is 0 Å². The Hall–Kier alpha value is -0.770. The maximum Gasteiger partial charge on any atom is 0.307 e. The van der Waals surface area contributed by atoms with Gasteiger partial charge in [-0.1, -0.05) is 24.9 Å². The summed E-state index contributed by atoms with van der Waals surface area (Å²) in [5.74, 6) is -0.515. The van der Waals surface area contributed by atoms with Crippen LogP contribution >= 0.6 is 11.6 Å². The summed E-state index contributed by atoms with van der Waals surface area (Å²) in [5.41, 5.74) is -0.525. The standard InChI is InChI=1S/C13H23ClO4/c1-3-5-8-11(14)18-13(16)10-7-6-9-12(15)17-4-2/h11H,3-10H2,1-2H3. The number of ether oxygens (including phenoxy) is 2. The zero-order valence-electron chi connectivity index (χ0n) is 11.2. The van der Waals surface area contributed by atoms with Crippen LogP contribution in [-0.2, 0) is 19.1 Å². The van der Waals surface area contributed by atoms with Crippen molar-refractivity contribution in [3.63, 3.8) is 0 Å². The topological polar surface area (TPSA) is 52.6 Å². The molecule has 1 atom stereocenters. The van der Waals surface area contributed by atoms with Crippen molar-refractivity contribution < 1.29 is 19.1 Å². The fourth-order valence-electron chi connectivity index (χ4n) is 1.40. The van der Waals surface area contributed by atoms with Crippen molar-refractivity contribution in [1.29, 1.82) is 0 Å². The number of esters is 2. The number of rotatable bonds is 10. The molecule has 0 saturated heterocycles. The van der Waals surface area contributed by atoms with Gasteiger partial charge < -0.3 is 9.47 Å². The first-order valence-corrected chi connectivity index (χ1v) is 7.03. The molecule has 5 heteroatoms. The maximum atomic E-state index is 11.4. The Morgan fingerprint density at radius 1 is 1.06 bits per heavy atom. The number of hydrogen-bond donors (Lipinski definition) is 0. The SMILES string of the molecule is CCCCC(Cl)OC(=O)CCCCC(=O)OCC. The molecule has 0 aliphatic rings. The second kappa shape index (κ2) is 11.3. The lowest BCUT2D eigenvalue weighted by Gasteiger charge is -2.10. The van der Waals surface area contributed by atoms with Crippen LogP contribution in [0.3, 0.4) is 0 Å². The smallest absolute Gasteiger partial charge is 0.307 e. The van der Waals surface area contributed by atoms with E-state index in [1.54, 1.807) is 6.92 Å². The van der Waals surface area contributed by atoms with E-state index in [9.17, 15) is 9.59 Å². The van der Waals surface area contributed by atoms with Crippen LogP contribution in [0.1, 0.15) is 58.8 Å². The van der Waals surface area contributed by atoms with Crippen molar-refractivity contribution in [2.75, 3.05) is 6.61 Å². The Balaban J connectivity index is 3.50. The maximum absolute atomic E-state index is 11.4. The predicted octanol–water partition coefficient (Wildman–Crippen LogP) is 3.41. The van der Waals surface area contributed by atoms with E-state index in [4.69, 9.17) is 21.1 Å². The number of halogens is 1. The van der Waals surface area contributed by atoms with E-state index >= 15 is 0 Å². The lowest BCUT2D eigenvalue weighted by Crippen LogP contribution is -2.12. The molecule has 0 bridgehead atoms. The predicted molar refractivity (Wildman–Crippen MR) is 70.4 cm³/mol. The molecule has 1 unspecified atom stereocenters. The number of unbranched alkanes of at least 4 members (excludes halogenated alkanes) is 2. The first kappa shape index (κ1) is 17.2. The monoisotopic (exact) mass is 278 g/mol. The molecule has 0 heterocycles. The Bertz CT molecular complexity index is 243. The van der Waals surface area contributed by atoms with Crippen molar-refractivity contribution in [2.24, 2.45) is 0 Å². The molecular formula is C13H23ClO4. The zero-order chi connectivity index (χ0) is 13.8. The Morgan fingerprint density at radius 2 is 1.67 bits per heavy atom. The lowest BCUT2D eigenvalue weighted by molar-refractivity contribution is -0.147. The number of carbonyl (C=O) groups excluding carboxylic acids is 2. The molecule has 0 radical (unpaired) electrons. The van der Waals surface area contributed by atoms with Crippen LogP contribution in [0.4, 0.5) is 0 Å². The van der Waals surface area contributed by atoms with Gasteiger partial charge in [0.1, 0.15) is 0 Å². The largest absolute Gasteiger partial charge is 0.466 e. The first-order chi connectivity index (χ1) is 8.60. The van der Waals surface area contributed by atoms with Gasteiger partial charge in [-0.3, -0.25) is 9.59 Å². The molecule has 0 spiro atoms. The summed E-state index contributed by atoms with van der Waals surface area (Å²) in [7, 11) is 0. The molecule has 0 N–H and O–H groups in total. The second-order valence-corrected chi connectivity index (χ2v) is 4.54. The van der Waals surface area contributed by atoms with Crippen molar-refractivity contribution in [2.45, 2.75) is 64.4 Å². The number of carbonyl (C=O) groups is 2. The molecule has 0 fully saturated rings. The van der Waals surface area contributed by atoms with Gasteiger partial charge in [-0.2, -0.15) is 0 Å². The molecular weight excluding hydrogens is 256 g/mol. The molecule has 0 amide bonds. The zero-order valence-corrected chi connectivity index (χ0v) is 12.0. The van der Waals surface area contributed by atoms with Crippen LogP contribution < -0.4 is 0 Å². The normalized spacial score (nSPS) is 11.9. The van der Waals surface area contributed by atoms with Gasteiger partial charge in [0.25, 0.3) is 0 Å². The quantitative estimate of drug-likeness (QED) is 0.349. The molecule has 0 aromatic carbocycles. The van der Waals surface area contributed by atoms with Crippen LogP contribution in [0.15, 0.2) is 0 Å². The van der Waals surface area contributed by atoms with Crippen LogP contribution in [0.5, 0.6) is 0 Å². The fraction of sp³-hybridized carbons (Fsp3) is 0.846. The number of hydrogen-bond acceptors (Lipinski definition) is 4. The van der Waals surface area contributed by atoms with Crippen molar-refractivity contribution in [3.8, 4) is 0 Å². The highest BCUT2D eigenvalue weighted by Crippen LogP contribution is 2.11. The minimum Gasteiger partial charge on any atom is -0.466 e. The Morgan fingerprint density at radius 3 is 2.22 bits per heavy atom. The highest BCUT2D eigenvalue weighted by atomic mass is 35.5. The molecule has 0 saturated carbocycles. The minimum atomic E-state index is -0.525. The van der Waals surface area contributed by atoms with Crippen molar-refractivity contribution in [3.05, 3.63) is 0 Å². The van der Waals surface area contributed by atoms with E-state index in [2.05, 4.69) is 6.92 Å². The lowest BCUT2D eigenvalue weighted by atomic mass is 10.2. The minimum absolute atomic E-state index is 0.218. The molecule has 0 aliphatic carbocycles. The second-order valence-electron chi connectivity index (χ2n) is 4.05. The summed E-state index contributed by atoms with van der Waals surface area (Å²) in [6, 6.07) is 0. The van der Waals surface area contributed by atoms with E-state index in [-0.39, 0.29) is 11.9 Å². The average molecular weight is 279 g/mol. The van der Waals surface area contributed by atoms with Gasteiger partial charge in [0, 0.05) is 12.8 Å². The van der Waals surface area contributed by atoms with E-state index in [1.807, 2.05) is 0 Å². The first-order valence-electron chi connectivity index (χ1n) is 6.59. The summed E-state index contributed by atoms with van der Waals surface area (Å²) in [5, 5.41) is 0. The van der Waals surface area contributed by atoms with Crippen LogP contribution in [-0.4, -0.2) is 24.1 Å². The summed E-state index contributed by atoms with van der Waals surface area (Å²) in [6.45, 7) is 4.22. The third kappa shape index (κ3) is 10.4. The van der Waals surface area contributed by atoms with E-state index in [1.165, 1.54) is 0 Å². The molecule has 106 valence electrons. The molecule has 0 aromatic rings. The average Bonchev–Trinajstić information content (AvgIpc) is 2.32. The van der Waals surface area contributed by atoms with Gasteiger partial charge in [-0.15, -0.1) is 0 Å². The molecule has 0 aromatic heterocycles. The van der Waals surface area contributed by atoms with Crippen LogP contribution in [0.2, 0.25) is 0 Å². The van der Waals surface area contributed by atoms with Crippen molar-refractivity contribution in [1.82, 2.24) is 0 Å².